The smallest absolute Gasteiger partial charge is 0.333 e. The molecule has 0 radical (unpaired) electrons. The van der Waals surface area contributed by atoms with E-state index in [1.807, 2.05) is 41.5 Å². The van der Waals surface area contributed by atoms with E-state index in [2.05, 4.69) is 72.5 Å². The number of terminal acetylenes is 1. The Kier molecular flexibility index (Phi) is 20.6. The second kappa shape index (κ2) is 25.6. The molecular formula is C70H121NO7Si. The molecule has 0 N–H and O–H groups in total. The van der Waals surface area contributed by atoms with E-state index in [1.54, 1.807) is 0 Å². The molecule has 0 saturated heterocycles. The Hall–Kier alpha value is -1.44. The number of carbonyl (C=O) groups is 2. The maximum atomic E-state index is 12.9. The van der Waals surface area contributed by atoms with Gasteiger partial charge in [-0.15, -0.1) is 6.42 Å². The molecule has 0 aliphatic heterocycles. The van der Waals surface area contributed by atoms with E-state index < -0.39 is 19.4 Å². The van der Waals surface area contributed by atoms with Gasteiger partial charge >= 0.3 is 20.5 Å². The molecule has 0 spiro atoms. The van der Waals surface area contributed by atoms with Crippen molar-refractivity contribution in [2.75, 3.05) is 33.4 Å². The largest absolute Gasteiger partial charge is 0.462 e. The van der Waals surface area contributed by atoms with Crippen LogP contribution in [-0.4, -0.2) is 77.2 Å². The summed E-state index contributed by atoms with van der Waals surface area (Å²) in [6, 6.07) is 0. The molecule has 0 aromatic rings. The molecule has 452 valence electrons. The van der Waals surface area contributed by atoms with Gasteiger partial charge in [-0.05, 0) is 315 Å². The summed E-state index contributed by atoms with van der Waals surface area (Å²) in [4.78, 5) is 28.0. The van der Waals surface area contributed by atoms with Gasteiger partial charge in [-0.2, -0.15) is 0 Å². The predicted molar refractivity (Wildman–Crippen MR) is 325 cm³/mol. The second-order valence-electron chi connectivity index (χ2n) is 32.6. The molecule has 0 aromatic heterocycles. The quantitative estimate of drug-likeness (QED) is 0.0329. The monoisotopic (exact) mass is 1120 g/mol. The lowest BCUT2D eigenvalue weighted by Crippen LogP contribution is -2.54. The zero-order valence-corrected chi connectivity index (χ0v) is 54.8. The van der Waals surface area contributed by atoms with E-state index in [1.165, 1.54) is 116 Å². The molecule has 0 heterocycles. The fraction of sp³-hybridized carbons (Fsp3) is 0.943. The number of hydrogen-bond donors (Lipinski definition) is 0. The van der Waals surface area contributed by atoms with Crippen molar-refractivity contribution < 1.29 is 32.7 Å². The first-order valence-corrected chi connectivity index (χ1v) is 36.4. The van der Waals surface area contributed by atoms with Crippen molar-refractivity contribution in [2.45, 2.75) is 282 Å². The Balaban J connectivity index is 0.842. The van der Waals surface area contributed by atoms with Crippen LogP contribution in [0.25, 0.3) is 0 Å². The lowest BCUT2D eigenvalue weighted by atomic mass is 9.44. The standard InChI is InChI=1S/C70H121NO7Si/c1-17-42-71(14)43-20-18-19-21-45-75-79(15,16)78-62(33-24-49(3)57-30-32-59-55-28-26-51-47-53(77-64(73)66(7,8)9)35-39-68(51,11)61(55)37-41-70(57,59)13)74-44-22-23-48(2)56-29-31-58-54-27-25-50-46-52(76-63(72)65(4,5)6)34-38-67(50,10)60(54)36-40-69(56,58)12/h1,48-62H,18-47H2,2-16H3/t48-,49-,50?,51?,52-,53-,54?,55?,56?,57?,58?,59?,60?,61?,62?,67+,68+,69-,70-/m1/s1. The average Bonchev–Trinajstić information content (AvgIpc) is 4.18. The Morgan fingerprint density at radius 1 is 0.582 bits per heavy atom. The molecule has 8 aliphatic rings. The number of fused-ring (bicyclic) bond motifs is 10. The van der Waals surface area contributed by atoms with E-state index in [9.17, 15) is 9.59 Å². The van der Waals surface area contributed by atoms with Gasteiger partial charge in [-0.3, -0.25) is 14.5 Å². The number of hydrogen-bond acceptors (Lipinski definition) is 8. The molecule has 8 fully saturated rings. The van der Waals surface area contributed by atoms with E-state index in [0.717, 1.165) is 118 Å². The molecule has 8 nitrogen and oxygen atoms in total. The second-order valence-corrected chi connectivity index (χ2v) is 35.9. The highest BCUT2D eigenvalue weighted by Gasteiger charge is 2.63. The SMILES string of the molecule is C#CCN(C)CCCCCCO[Si](C)(C)OC(CC[C@@H](C)C1CCC2C3CCC4C[C@H](OC(=O)C(C)(C)C)CC[C@]4(C)C3CC[C@@]21C)OCCC[C@@H](C)C1CCC2C3CCC4C[C@H](OC(=O)C(C)(C)C)CC[C@]4(C)C3CC[C@@]21C. The number of rotatable bonds is 23. The van der Waals surface area contributed by atoms with Crippen LogP contribution >= 0.6 is 0 Å². The minimum Gasteiger partial charge on any atom is -0.462 e. The van der Waals surface area contributed by atoms with Crippen LogP contribution in [-0.2, 0) is 32.7 Å². The molecule has 0 aromatic carbocycles. The third kappa shape index (κ3) is 14.1. The summed E-state index contributed by atoms with van der Waals surface area (Å²) in [5.74, 6) is 11.9. The third-order valence-electron chi connectivity index (χ3n) is 25.2. The van der Waals surface area contributed by atoms with Crippen LogP contribution in [0.15, 0.2) is 0 Å². The van der Waals surface area contributed by atoms with Crippen molar-refractivity contribution in [3.8, 4) is 12.3 Å². The molecule has 9 heteroatoms. The Labute approximate surface area is 486 Å². The molecule has 11 unspecified atom stereocenters. The average molecular weight is 1120 g/mol. The van der Waals surface area contributed by atoms with Gasteiger partial charge in [0.05, 0.1) is 17.4 Å². The van der Waals surface area contributed by atoms with E-state index >= 15 is 0 Å². The van der Waals surface area contributed by atoms with Crippen LogP contribution in [0.3, 0.4) is 0 Å². The summed E-state index contributed by atoms with van der Waals surface area (Å²) >= 11 is 0. The van der Waals surface area contributed by atoms with Crippen molar-refractivity contribution in [3.63, 3.8) is 0 Å². The van der Waals surface area contributed by atoms with Crippen molar-refractivity contribution >= 4 is 20.5 Å². The first-order chi connectivity index (χ1) is 37.1. The van der Waals surface area contributed by atoms with Crippen molar-refractivity contribution in [1.29, 1.82) is 0 Å². The fourth-order valence-corrected chi connectivity index (χ4v) is 22.1. The maximum absolute atomic E-state index is 12.9. The fourth-order valence-electron chi connectivity index (χ4n) is 20.6. The summed E-state index contributed by atoms with van der Waals surface area (Å²) in [7, 11) is -0.340. The molecule has 0 bridgehead atoms. The molecule has 0 amide bonds. The zero-order chi connectivity index (χ0) is 57.3. The van der Waals surface area contributed by atoms with Gasteiger partial charge in [-0.1, -0.05) is 60.3 Å². The Bertz CT molecular complexity index is 2060. The molecule has 8 aliphatic carbocycles. The van der Waals surface area contributed by atoms with Gasteiger partial charge in [-0.25, -0.2) is 0 Å². The van der Waals surface area contributed by atoms with Gasteiger partial charge in [0.1, 0.15) is 18.5 Å². The van der Waals surface area contributed by atoms with E-state index in [-0.39, 0.29) is 30.4 Å². The van der Waals surface area contributed by atoms with Crippen molar-refractivity contribution in [3.05, 3.63) is 0 Å². The topological polar surface area (TPSA) is 83.5 Å². The summed E-state index contributed by atoms with van der Waals surface area (Å²) < 4.78 is 33.1. The van der Waals surface area contributed by atoms with Crippen LogP contribution in [0.5, 0.6) is 0 Å². The lowest BCUT2D eigenvalue weighted by Gasteiger charge is -2.61. The van der Waals surface area contributed by atoms with Gasteiger partial charge < -0.3 is 23.1 Å². The minimum absolute atomic E-state index is 0.0285. The first-order valence-electron chi connectivity index (χ1n) is 33.6. The first kappa shape index (κ1) is 63.6. The summed E-state index contributed by atoms with van der Waals surface area (Å²) in [5, 5.41) is 0. The van der Waals surface area contributed by atoms with Gasteiger partial charge in [0, 0.05) is 13.2 Å². The normalized spacial score (nSPS) is 39.4. The number of unbranched alkanes of at least 4 members (excludes halogenated alkanes) is 3. The summed E-state index contributed by atoms with van der Waals surface area (Å²) in [6.07, 6.45) is 37.5. The van der Waals surface area contributed by atoms with Crippen molar-refractivity contribution in [1.82, 2.24) is 4.90 Å². The molecule has 19 atom stereocenters. The van der Waals surface area contributed by atoms with E-state index in [4.69, 9.17) is 29.5 Å². The van der Waals surface area contributed by atoms with Crippen LogP contribution in [0.2, 0.25) is 13.1 Å². The zero-order valence-electron chi connectivity index (χ0n) is 53.8. The van der Waals surface area contributed by atoms with Gasteiger partial charge in [0.25, 0.3) is 0 Å². The Morgan fingerprint density at radius 3 is 1.54 bits per heavy atom. The highest BCUT2D eigenvalue weighted by molar-refractivity contribution is 6.64. The molecule has 8 rings (SSSR count). The number of ether oxygens (including phenoxy) is 3. The maximum Gasteiger partial charge on any atom is 0.333 e. The molecule has 79 heavy (non-hydrogen) atoms. The van der Waals surface area contributed by atoms with Crippen LogP contribution in [0.4, 0.5) is 0 Å². The minimum atomic E-state index is -2.45. The number of carbonyl (C=O) groups excluding carboxylic acids is 2. The van der Waals surface area contributed by atoms with Gasteiger partial charge in [0.2, 0.25) is 0 Å². The lowest BCUT2D eigenvalue weighted by molar-refractivity contribution is -0.171. The summed E-state index contributed by atoms with van der Waals surface area (Å²) in [5.41, 5.74) is 0.724. The number of esters is 2. The van der Waals surface area contributed by atoms with Crippen molar-refractivity contribution in [2.24, 2.45) is 104 Å². The van der Waals surface area contributed by atoms with E-state index in [0.29, 0.717) is 51.9 Å². The van der Waals surface area contributed by atoms with Crippen LogP contribution in [0, 0.1) is 116 Å². The molecule has 8 saturated carbocycles. The Morgan fingerprint density at radius 2 is 1.05 bits per heavy atom. The van der Waals surface area contributed by atoms with Crippen LogP contribution in [0.1, 0.15) is 250 Å². The highest BCUT2D eigenvalue weighted by atomic mass is 28.4. The molecular weight excluding hydrogens is 995 g/mol. The summed E-state index contributed by atoms with van der Waals surface area (Å²) in [6.45, 7) is 35.6. The van der Waals surface area contributed by atoms with Crippen LogP contribution < -0.4 is 0 Å². The third-order valence-corrected chi connectivity index (χ3v) is 26.9. The highest BCUT2D eigenvalue weighted by Crippen LogP contribution is 2.70. The predicted octanol–water partition coefficient (Wildman–Crippen LogP) is 17.3. The van der Waals surface area contributed by atoms with Gasteiger partial charge in [0.15, 0.2) is 0 Å². The number of nitrogens with zero attached hydrogens (tertiary/aromatic N) is 1.